The molecule has 35 heteroatoms. The van der Waals surface area contributed by atoms with Gasteiger partial charge in [-0.2, -0.15) is 0 Å². The van der Waals surface area contributed by atoms with E-state index in [1.807, 2.05) is 0 Å². The summed E-state index contributed by atoms with van der Waals surface area (Å²) in [4.78, 5) is 197. The van der Waals surface area contributed by atoms with Crippen molar-refractivity contribution in [1.82, 2.24) is 69.1 Å². The number of unbranched alkanes of at least 4 members (excludes halogenated alkanes) is 1. The van der Waals surface area contributed by atoms with Crippen molar-refractivity contribution in [2.45, 2.75) is 211 Å². The van der Waals surface area contributed by atoms with Gasteiger partial charge in [0.2, 0.25) is 70.9 Å². The summed E-state index contributed by atoms with van der Waals surface area (Å²) >= 11 is 0. The summed E-state index contributed by atoms with van der Waals surface area (Å²) in [7, 11) is 0. The number of hydrogen-bond acceptors (Lipinski definition) is 19. The normalized spacial score (nSPS) is 14.7. The van der Waals surface area contributed by atoms with E-state index in [9.17, 15) is 78.0 Å². The average molecular weight is 1650 g/mol. The number of carbonyl (C=O) groups excluding carboxylic acids is 12. The monoisotopic (exact) mass is 1650 g/mol. The summed E-state index contributed by atoms with van der Waals surface area (Å²) in [6.45, 7) is 10.6. The first-order valence-electron chi connectivity index (χ1n) is 39.8. The van der Waals surface area contributed by atoms with E-state index in [4.69, 9.17) is 22.6 Å². The molecule has 5 aromatic carbocycles. The molecule has 0 radical (unpaired) electrons. The molecule has 0 spiro atoms. The molecule has 0 aliphatic carbocycles. The number of phenols is 1. The summed E-state index contributed by atoms with van der Waals surface area (Å²) in [5.74, 6) is -16.0. The van der Waals surface area contributed by atoms with Crippen molar-refractivity contribution in [3.05, 3.63) is 173 Å². The molecule has 646 valence electrons. The van der Waals surface area contributed by atoms with Crippen LogP contribution in [-0.2, 0) is 99.2 Å². The second kappa shape index (κ2) is 50.3. The van der Waals surface area contributed by atoms with Crippen LogP contribution in [0.15, 0.2) is 146 Å². The largest absolute Gasteiger partial charge is 0.508 e. The lowest BCUT2D eigenvalue weighted by Crippen LogP contribution is -2.62. The van der Waals surface area contributed by atoms with Crippen LogP contribution in [0.5, 0.6) is 5.75 Å². The first-order valence-corrected chi connectivity index (χ1v) is 39.8. The number of rotatable bonds is 51. The maximum absolute atomic E-state index is 15.0. The van der Waals surface area contributed by atoms with Crippen LogP contribution in [0.3, 0.4) is 0 Å². The number of carboxylic acid groups (broad SMARTS) is 2. The number of amides is 12. The van der Waals surface area contributed by atoms with Gasteiger partial charge < -0.3 is 107 Å². The van der Waals surface area contributed by atoms with E-state index in [1.165, 1.54) is 31.2 Å². The van der Waals surface area contributed by atoms with Gasteiger partial charge in [0.25, 0.3) is 0 Å². The number of carboxylic acids is 2. The molecule has 12 amide bonds. The van der Waals surface area contributed by atoms with Crippen molar-refractivity contribution in [3.63, 3.8) is 0 Å². The van der Waals surface area contributed by atoms with E-state index in [-0.39, 0.29) is 89.0 Å². The fourth-order valence-electron chi connectivity index (χ4n) is 12.5. The first kappa shape index (κ1) is 97.2. The maximum Gasteiger partial charge on any atom is 0.326 e. The molecular formula is C84H117N17O18. The summed E-state index contributed by atoms with van der Waals surface area (Å²) in [5.41, 5.74) is 20.3. The van der Waals surface area contributed by atoms with Crippen LogP contribution in [0.2, 0.25) is 0 Å². The van der Waals surface area contributed by atoms with Crippen LogP contribution >= 0.6 is 0 Å². The van der Waals surface area contributed by atoms with Gasteiger partial charge in [-0.1, -0.05) is 181 Å². The molecule has 0 unspecified atom stereocenters. The number of nitrogens with one attached hydrogen (secondary N) is 14. The smallest absolute Gasteiger partial charge is 0.326 e. The number of nitrogens with two attached hydrogens (primary N) is 3. The Labute approximate surface area is 692 Å². The zero-order chi connectivity index (χ0) is 87.8. The predicted octanol–water partition coefficient (Wildman–Crippen LogP) is -0.238. The molecule has 0 aliphatic heterocycles. The fourth-order valence-corrected chi connectivity index (χ4v) is 12.5. The molecule has 35 nitrogen and oxygen atoms in total. The average Bonchev–Trinajstić information content (AvgIpc) is 0.848. The highest BCUT2D eigenvalue weighted by molar-refractivity contribution is 6.00. The Hall–Kier alpha value is -12.4. The molecule has 0 fully saturated rings. The number of aromatic hydroxyl groups is 1. The number of aliphatic hydroxyl groups is 1. The number of guanidine groups is 1. The van der Waals surface area contributed by atoms with E-state index in [0.717, 1.165) is 0 Å². The Morgan fingerprint density at radius 3 is 1.15 bits per heavy atom. The van der Waals surface area contributed by atoms with Crippen LogP contribution in [-0.4, -0.2) is 207 Å². The van der Waals surface area contributed by atoms with Gasteiger partial charge in [0, 0.05) is 45.1 Å². The summed E-state index contributed by atoms with van der Waals surface area (Å²) in [6.07, 6.45) is -3.00. The third-order valence-electron chi connectivity index (χ3n) is 19.7. The standard InChI is InChI=1S/C84H117N17O18/c1-8-50(6)70(101-80(115)69(49(4)5)100-78(113)64(45-56-34-36-57(103)37-35-56)97-82(117)71(51(7)102)99-66(104)47-90-72(107)61(42-52-24-13-9-14-25-52)96-79(114)68(86)48(2)3)81(116)93-59(33-23-41-89-84(87)88)73(108)91-58(32-21-22-40-85)74(109)94-63(44-54-28-17-11-18-29-54)77(112)95-62(43-53-26-15-10-16-27-53)76(111)92-60(38-39-67(105)106)75(110)98-65(83(118)119)46-55-30-19-12-20-31-55/h9-20,24-31,34-37,48-51,58-65,68-71,102-103H,8,21-23,32-33,38-47,85-86H2,1-7H3,(H,90,107)(H,91,108)(H,92,111)(H,93,116)(H,94,109)(H,95,112)(H,96,114)(H,97,117)(H,98,110)(H,99,104)(H,100,113)(H,101,115)(H,105,106)(H,118,119)(H4,87,88,89)/t50-,51+,58-,59-,60-,61-,62-,63-,64-,65-,68-,69-,70-,71-/m0/s1. The van der Waals surface area contributed by atoms with Gasteiger partial charge in [-0.3, -0.25) is 67.7 Å². The summed E-state index contributed by atoms with van der Waals surface area (Å²) in [6, 6.07) is 21.9. The van der Waals surface area contributed by atoms with Gasteiger partial charge in [0.15, 0.2) is 5.96 Å². The molecule has 119 heavy (non-hydrogen) atoms. The van der Waals surface area contributed by atoms with Gasteiger partial charge in [-0.05, 0) is 110 Å². The van der Waals surface area contributed by atoms with Crippen LogP contribution in [0.25, 0.3) is 0 Å². The highest BCUT2D eigenvalue weighted by Gasteiger charge is 2.39. The molecule has 5 rings (SSSR count). The third kappa shape index (κ3) is 34.4. The lowest BCUT2D eigenvalue weighted by molar-refractivity contribution is -0.143. The third-order valence-corrected chi connectivity index (χ3v) is 19.7. The second-order valence-corrected chi connectivity index (χ2v) is 30.0. The Morgan fingerprint density at radius 1 is 0.387 bits per heavy atom. The van der Waals surface area contributed by atoms with Gasteiger partial charge in [0.1, 0.15) is 72.2 Å². The molecular weight excluding hydrogens is 1540 g/mol. The highest BCUT2D eigenvalue weighted by Crippen LogP contribution is 2.18. The van der Waals surface area contributed by atoms with Crippen LogP contribution in [0.1, 0.15) is 128 Å². The number of phenolic OH excluding ortho intramolecular Hbond substituents is 1. The number of aliphatic carboxylic acids is 2. The van der Waals surface area contributed by atoms with Crippen LogP contribution in [0.4, 0.5) is 0 Å². The molecule has 0 bridgehead atoms. The lowest BCUT2D eigenvalue weighted by Gasteiger charge is -2.31. The molecule has 5 aromatic rings. The van der Waals surface area contributed by atoms with E-state index in [1.54, 1.807) is 163 Å². The van der Waals surface area contributed by atoms with Gasteiger partial charge in [0.05, 0.1) is 18.7 Å². The van der Waals surface area contributed by atoms with E-state index < -0.39 is 199 Å². The van der Waals surface area contributed by atoms with Crippen molar-refractivity contribution in [3.8, 4) is 5.75 Å². The summed E-state index contributed by atoms with van der Waals surface area (Å²) < 4.78 is 0. The number of hydrogen-bond donors (Lipinski definition) is 21. The minimum Gasteiger partial charge on any atom is -0.508 e. The highest BCUT2D eigenvalue weighted by atomic mass is 16.4. The van der Waals surface area contributed by atoms with Crippen LogP contribution in [0, 0.1) is 23.2 Å². The Morgan fingerprint density at radius 2 is 0.739 bits per heavy atom. The predicted molar refractivity (Wildman–Crippen MR) is 442 cm³/mol. The molecule has 14 atom stereocenters. The van der Waals surface area contributed by atoms with E-state index in [2.05, 4.69) is 69.1 Å². The minimum atomic E-state index is -1.76. The number of aliphatic hydroxyl groups excluding tert-OH is 1. The van der Waals surface area contributed by atoms with Gasteiger partial charge >= 0.3 is 11.9 Å². The fraction of sp³-hybridized carbons (Fsp3) is 0.464. The van der Waals surface area contributed by atoms with Gasteiger partial charge in [-0.15, -0.1) is 0 Å². The minimum absolute atomic E-state index is 0.0170. The molecule has 24 N–H and O–H groups in total. The summed E-state index contributed by atoms with van der Waals surface area (Å²) in [5, 5.41) is 82.8. The molecule has 0 aromatic heterocycles. The molecule has 0 aliphatic rings. The molecule has 0 saturated heterocycles. The Bertz CT molecular complexity index is 4170. The Balaban J connectivity index is 1.40. The SMILES string of the molecule is CC[C@H](C)[C@H](NC(=O)[C@@H](NC(=O)[C@H](Cc1ccc(O)cc1)NC(=O)[C@@H](NC(=O)CNC(=O)[C@H](Cc1ccccc1)NC(=O)[C@@H](N)C(C)C)[C@@H](C)O)C(C)C)C(=O)N[C@@H](CCCNC(=N)N)C(=O)N[C@@H](CCCCN)C(=O)N[C@@H](Cc1ccccc1)C(=O)N[C@@H](Cc1ccccc1)C(=O)N[C@@H](CCC(=O)O)C(=O)N[C@@H](Cc1ccccc1)C(=O)O. The molecule has 0 heterocycles. The number of carbonyl (C=O) groups is 14. The van der Waals surface area contributed by atoms with Crippen LogP contribution < -0.4 is 86.3 Å². The van der Waals surface area contributed by atoms with Crippen molar-refractivity contribution in [1.29, 1.82) is 5.41 Å². The van der Waals surface area contributed by atoms with E-state index >= 15 is 9.59 Å². The number of benzene rings is 5. The van der Waals surface area contributed by atoms with Crippen molar-refractivity contribution >= 4 is 88.8 Å². The zero-order valence-corrected chi connectivity index (χ0v) is 68.1. The van der Waals surface area contributed by atoms with Crippen molar-refractivity contribution in [2.24, 2.45) is 35.0 Å². The van der Waals surface area contributed by atoms with Crippen molar-refractivity contribution < 1.29 is 87.5 Å². The maximum atomic E-state index is 15.0. The molecule has 0 saturated carbocycles. The zero-order valence-electron chi connectivity index (χ0n) is 68.1. The first-order chi connectivity index (χ1) is 56.6. The quantitative estimate of drug-likeness (QED) is 0.0136. The second-order valence-electron chi connectivity index (χ2n) is 30.0. The van der Waals surface area contributed by atoms with E-state index in [0.29, 0.717) is 34.2 Å². The van der Waals surface area contributed by atoms with Gasteiger partial charge in [-0.25, -0.2) is 4.79 Å². The lowest BCUT2D eigenvalue weighted by atomic mass is 9.95. The topological polar surface area (TPSA) is 578 Å². The van der Waals surface area contributed by atoms with Crippen molar-refractivity contribution in [2.75, 3.05) is 19.6 Å². The Kier molecular flexibility index (Phi) is 41.1.